The summed E-state index contributed by atoms with van der Waals surface area (Å²) in [5.41, 5.74) is 10.6. The van der Waals surface area contributed by atoms with Gasteiger partial charge in [0.05, 0.1) is 22.1 Å². The summed E-state index contributed by atoms with van der Waals surface area (Å²) in [7, 11) is 0. The molecule has 4 heterocycles. The van der Waals surface area contributed by atoms with Crippen LogP contribution in [0.1, 0.15) is 0 Å². The molecular weight excluding hydrogens is 695 g/mol. The molecule has 0 unspecified atom stereocenters. The van der Waals surface area contributed by atoms with E-state index in [-0.39, 0.29) is 0 Å². The van der Waals surface area contributed by atoms with Gasteiger partial charge in [-0.25, -0.2) is 4.98 Å². The van der Waals surface area contributed by atoms with Crippen LogP contribution in [0.5, 0.6) is 0 Å². The van der Waals surface area contributed by atoms with Gasteiger partial charge in [-0.2, -0.15) is 0 Å². The van der Waals surface area contributed by atoms with Crippen LogP contribution in [0.3, 0.4) is 0 Å². The van der Waals surface area contributed by atoms with Crippen molar-refractivity contribution in [3.63, 3.8) is 0 Å². The monoisotopic (exact) mass is 723 g/mol. The number of fused-ring (bicyclic) bond motifs is 11. The number of furan rings is 1. The third kappa shape index (κ3) is 4.55. The first-order valence-corrected chi connectivity index (χ1v) is 19.2. The maximum absolute atomic E-state index is 6.66. The lowest BCUT2D eigenvalue weighted by Gasteiger charge is -2.27. The Hall–Kier alpha value is -7.15. The molecule has 0 saturated heterocycles. The summed E-state index contributed by atoms with van der Waals surface area (Å²) in [6.07, 6.45) is 0. The van der Waals surface area contributed by atoms with E-state index >= 15 is 0 Å². The first kappa shape index (κ1) is 30.3. The van der Waals surface area contributed by atoms with Gasteiger partial charge in [0.15, 0.2) is 5.58 Å². The van der Waals surface area contributed by atoms with Gasteiger partial charge in [-0.3, -0.25) is 0 Å². The van der Waals surface area contributed by atoms with E-state index in [0.717, 1.165) is 66.9 Å². The van der Waals surface area contributed by atoms with Gasteiger partial charge in [-0.1, -0.05) is 84.9 Å². The average molecular weight is 724 g/mol. The van der Waals surface area contributed by atoms with Crippen LogP contribution < -0.4 is 4.90 Å². The van der Waals surface area contributed by atoms with E-state index in [1.54, 1.807) is 0 Å². The lowest BCUT2D eigenvalue weighted by molar-refractivity contribution is 0.619. The molecule has 4 aromatic heterocycles. The second-order valence-electron chi connectivity index (χ2n) is 13.9. The Morgan fingerprint density at radius 2 is 1.16 bits per heavy atom. The number of oxazole rings is 1. The van der Waals surface area contributed by atoms with Gasteiger partial charge >= 0.3 is 0 Å². The number of hydrogen-bond acceptors (Lipinski definition) is 5. The van der Waals surface area contributed by atoms with E-state index in [9.17, 15) is 0 Å². The Balaban J connectivity index is 1.12. The van der Waals surface area contributed by atoms with Crippen molar-refractivity contribution in [1.29, 1.82) is 0 Å². The summed E-state index contributed by atoms with van der Waals surface area (Å²) in [6, 6.07) is 62.0. The second-order valence-corrected chi connectivity index (χ2v) is 15.0. The standard InChI is InChI=1S/C49H29N3O2S/c1-3-12-30(13-4-1)49-50-48-42(54-49)27-26-41-47(48)36-25-23-33(29-43(36)53-41)51(39-19-11-21-45-46(39)37-17-8-10-20-44(37)55-45)32-22-24-35-34-16-7-9-18-38(34)52(40(35)28-32)31-14-5-2-6-15-31/h1-29H. The van der Waals surface area contributed by atoms with E-state index in [0.29, 0.717) is 5.89 Å². The van der Waals surface area contributed by atoms with Crippen LogP contribution >= 0.6 is 11.3 Å². The molecule has 0 amide bonds. The van der Waals surface area contributed by atoms with Gasteiger partial charge in [0.25, 0.3) is 0 Å². The minimum Gasteiger partial charge on any atom is -0.456 e. The molecule has 0 saturated carbocycles. The van der Waals surface area contributed by atoms with Crippen LogP contribution in [0.15, 0.2) is 185 Å². The predicted molar refractivity (Wildman–Crippen MR) is 229 cm³/mol. The quantitative estimate of drug-likeness (QED) is 0.177. The summed E-state index contributed by atoms with van der Waals surface area (Å²) in [4.78, 5) is 7.37. The second kappa shape index (κ2) is 11.7. The maximum atomic E-state index is 6.66. The van der Waals surface area contributed by atoms with Gasteiger partial charge < -0.3 is 18.3 Å². The highest BCUT2D eigenvalue weighted by atomic mass is 32.1. The van der Waals surface area contributed by atoms with Gasteiger partial charge in [0.2, 0.25) is 5.89 Å². The van der Waals surface area contributed by atoms with E-state index in [4.69, 9.17) is 13.8 Å². The SMILES string of the molecule is c1ccc(-c2nc3c(ccc4oc5cc(N(c6ccc7c8ccccc8n(-c8ccccc8)c7c6)c6cccc7sc8ccccc8c67)ccc5c43)o2)cc1. The fraction of sp³-hybridized carbons (Fsp3) is 0. The molecule has 0 spiro atoms. The van der Waals surface area contributed by atoms with Crippen LogP contribution in [0.4, 0.5) is 17.1 Å². The highest BCUT2D eigenvalue weighted by Gasteiger charge is 2.23. The molecule has 258 valence electrons. The molecule has 55 heavy (non-hydrogen) atoms. The molecule has 0 radical (unpaired) electrons. The Morgan fingerprint density at radius 3 is 2.04 bits per heavy atom. The van der Waals surface area contributed by atoms with Crippen molar-refractivity contribution in [2.24, 2.45) is 0 Å². The highest BCUT2D eigenvalue weighted by Crippen LogP contribution is 2.47. The van der Waals surface area contributed by atoms with Crippen molar-refractivity contribution in [3.8, 4) is 17.1 Å². The normalized spacial score (nSPS) is 12.0. The first-order chi connectivity index (χ1) is 27.3. The minimum absolute atomic E-state index is 0.597. The zero-order valence-corrected chi connectivity index (χ0v) is 30.1. The number of nitrogens with zero attached hydrogens (tertiary/aromatic N) is 3. The van der Waals surface area contributed by atoms with Crippen LogP contribution in [0.2, 0.25) is 0 Å². The Bertz CT molecular complexity index is 3450. The van der Waals surface area contributed by atoms with Gasteiger partial charge in [-0.05, 0) is 84.9 Å². The van der Waals surface area contributed by atoms with Crippen molar-refractivity contribution in [2.75, 3.05) is 4.90 Å². The summed E-state index contributed by atoms with van der Waals surface area (Å²) in [6.45, 7) is 0. The third-order valence-electron chi connectivity index (χ3n) is 10.8. The summed E-state index contributed by atoms with van der Waals surface area (Å²) >= 11 is 1.83. The molecular formula is C49H29N3O2S. The van der Waals surface area contributed by atoms with Crippen molar-refractivity contribution >= 4 is 103 Å². The third-order valence-corrected chi connectivity index (χ3v) is 11.9. The lowest BCUT2D eigenvalue weighted by atomic mass is 10.1. The number of rotatable bonds is 5. The molecule has 0 N–H and O–H groups in total. The molecule has 0 aliphatic heterocycles. The predicted octanol–water partition coefficient (Wildman–Crippen LogP) is 14.3. The van der Waals surface area contributed by atoms with Gasteiger partial charge in [0.1, 0.15) is 16.7 Å². The zero-order valence-electron chi connectivity index (χ0n) is 29.3. The summed E-state index contributed by atoms with van der Waals surface area (Å²) in [5.74, 6) is 0.597. The molecule has 0 atom stereocenters. The molecule has 0 aliphatic rings. The van der Waals surface area contributed by atoms with Gasteiger partial charge in [0, 0.05) is 65.0 Å². The molecule has 0 aliphatic carbocycles. The number of hydrogen-bond donors (Lipinski definition) is 0. The lowest BCUT2D eigenvalue weighted by Crippen LogP contribution is -2.10. The first-order valence-electron chi connectivity index (χ1n) is 18.4. The maximum Gasteiger partial charge on any atom is 0.227 e. The molecule has 12 aromatic rings. The molecule has 12 rings (SSSR count). The fourth-order valence-corrected chi connectivity index (χ4v) is 9.53. The Labute approximate surface area is 318 Å². The van der Waals surface area contributed by atoms with Gasteiger partial charge in [-0.15, -0.1) is 11.3 Å². The zero-order chi connectivity index (χ0) is 36.0. The minimum atomic E-state index is 0.597. The molecule has 8 aromatic carbocycles. The number of aromatic nitrogens is 2. The van der Waals surface area contributed by atoms with Crippen molar-refractivity contribution < 1.29 is 8.83 Å². The largest absolute Gasteiger partial charge is 0.456 e. The van der Waals surface area contributed by atoms with Crippen molar-refractivity contribution in [2.45, 2.75) is 0 Å². The smallest absolute Gasteiger partial charge is 0.227 e. The van der Waals surface area contributed by atoms with Crippen LogP contribution in [0.25, 0.3) is 92.2 Å². The summed E-state index contributed by atoms with van der Waals surface area (Å²) < 4.78 is 17.8. The average Bonchev–Trinajstić information content (AvgIpc) is 4.01. The Morgan fingerprint density at radius 1 is 0.473 bits per heavy atom. The molecule has 6 heteroatoms. The highest BCUT2D eigenvalue weighted by molar-refractivity contribution is 7.26. The van der Waals surface area contributed by atoms with E-state index < -0.39 is 0 Å². The van der Waals surface area contributed by atoms with Crippen LogP contribution in [-0.4, -0.2) is 9.55 Å². The number of anilines is 3. The number of para-hydroxylation sites is 2. The molecule has 0 bridgehead atoms. The fourth-order valence-electron chi connectivity index (χ4n) is 8.41. The van der Waals surface area contributed by atoms with Crippen molar-refractivity contribution in [3.05, 3.63) is 176 Å². The topological polar surface area (TPSA) is 47.3 Å². The number of benzene rings is 8. The van der Waals surface area contributed by atoms with Crippen molar-refractivity contribution in [1.82, 2.24) is 9.55 Å². The van der Waals surface area contributed by atoms with E-state index in [2.05, 4.69) is 143 Å². The Kier molecular flexibility index (Phi) is 6.44. The van der Waals surface area contributed by atoms with E-state index in [1.807, 2.05) is 53.8 Å². The number of thiophene rings is 1. The molecule has 5 nitrogen and oxygen atoms in total. The summed E-state index contributed by atoms with van der Waals surface area (Å²) in [5, 5.41) is 6.86. The van der Waals surface area contributed by atoms with E-state index in [1.165, 1.54) is 36.5 Å². The van der Waals surface area contributed by atoms with Crippen LogP contribution in [0, 0.1) is 0 Å². The van der Waals surface area contributed by atoms with Crippen LogP contribution in [-0.2, 0) is 0 Å². The molecule has 0 fully saturated rings.